The fraction of sp³-hybridized carbons (Fsp3) is 0.391. The van der Waals surface area contributed by atoms with Gasteiger partial charge in [-0.3, -0.25) is 13.9 Å². The molecule has 0 fully saturated rings. The standard InChI is InChI=1S/C23H30ClN3O4S/c1-6-20(23(29)25-4)26(14-18-8-10-19(24)11-9-18)22(28)15-27(32(5,30)31)21-12-7-16(2)13-17(21)3/h7-13,20H,6,14-15H2,1-5H3,(H,25,29)/t20-/m1/s1. The summed E-state index contributed by atoms with van der Waals surface area (Å²) in [5.74, 6) is -0.784. The Morgan fingerprint density at radius 2 is 1.72 bits per heavy atom. The molecule has 2 aromatic rings. The number of nitrogens with zero attached hydrogens (tertiary/aromatic N) is 2. The van der Waals surface area contributed by atoms with Gasteiger partial charge in [-0.25, -0.2) is 8.42 Å². The van der Waals surface area contributed by atoms with Crippen molar-refractivity contribution in [3.8, 4) is 0 Å². The van der Waals surface area contributed by atoms with Crippen LogP contribution in [0.25, 0.3) is 0 Å². The molecule has 0 radical (unpaired) electrons. The smallest absolute Gasteiger partial charge is 0.244 e. The van der Waals surface area contributed by atoms with Crippen molar-refractivity contribution in [2.24, 2.45) is 0 Å². The van der Waals surface area contributed by atoms with Crippen LogP contribution in [0, 0.1) is 13.8 Å². The molecule has 32 heavy (non-hydrogen) atoms. The Labute approximate surface area is 195 Å². The Morgan fingerprint density at radius 3 is 2.22 bits per heavy atom. The Kier molecular flexibility index (Phi) is 8.69. The van der Waals surface area contributed by atoms with Crippen LogP contribution in [-0.2, 0) is 26.2 Å². The molecule has 2 aromatic carbocycles. The quantitative estimate of drug-likeness (QED) is 0.598. The van der Waals surface area contributed by atoms with E-state index in [1.165, 1.54) is 11.9 Å². The highest BCUT2D eigenvalue weighted by Crippen LogP contribution is 2.24. The van der Waals surface area contributed by atoms with Crippen LogP contribution in [0.5, 0.6) is 0 Å². The number of carbonyl (C=O) groups excluding carboxylic acids is 2. The number of amides is 2. The minimum absolute atomic E-state index is 0.145. The highest BCUT2D eigenvalue weighted by atomic mass is 35.5. The molecule has 2 amide bonds. The molecule has 0 aliphatic heterocycles. The lowest BCUT2D eigenvalue weighted by atomic mass is 10.1. The molecule has 0 aliphatic rings. The second kappa shape index (κ2) is 10.8. The number of rotatable bonds is 9. The molecule has 0 saturated heterocycles. The molecule has 0 saturated carbocycles. The SMILES string of the molecule is CC[C@H](C(=O)NC)N(Cc1ccc(Cl)cc1)C(=O)CN(c1ccc(C)cc1C)S(C)(=O)=O. The summed E-state index contributed by atoms with van der Waals surface area (Å²) in [6.45, 7) is 5.25. The van der Waals surface area contributed by atoms with Gasteiger partial charge in [0.25, 0.3) is 0 Å². The molecule has 0 aliphatic carbocycles. The van der Waals surface area contributed by atoms with Crippen molar-refractivity contribution >= 4 is 39.1 Å². The van der Waals surface area contributed by atoms with E-state index in [9.17, 15) is 18.0 Å². The summed E-state index contributed by atoms with van der Waals surface area (Å²) in [6, 6.07) is 11.6. The van der Waals surface area contributed by atoms with Crippen LogP contribution < -0.4 is 9.62 Å². The summed E-state index contributed by atoms with van der Waals surface area (Å²) >= 11 is 5.97. The summed E-state index contributed by atoms with van der Waals surface area (Å²) in [5.41, 5.74) is 2.94. The maximum Gasteiger partial charge on any atom is 0.244 e. The van der Waals surface area contributed by atoms with E-state index in [0.717, 1.165) is 27.3 Å². The number of benzene rings is 2. The van der Waals surface area contributed by atoms with E-state index in [1.807, 2.05) is 13.0 Å². The zero-order valence-corrected chi connectivity index (χ0v) is 20.6. The third-order valence-electron chi connectivity index (χ3n) is 5.20. The summed E-state index contributed by atoms with van der Waals surface area (Å²) in [4.78, 5) is 27.4. The second-order valence-electron chi connectivity index (χ2n) is 7.75. The maximum absolute atomic E-state index is 13.5. The van der Waals surface area contributed by atoms with Gasteiger partial charge in [0, 0.05) is 18.6 Å². The van der Waals surface area contributed by atoms with E-state index in [1.54, 1.807) is 50.2 Å². The number of carbonyl (C=O) groups is 2. The van der Waals surface area contributed by atoms with E-state index in [2.05, 4.69) is 5.32 Å². The average molecular weight is 480 g/mol. The van der Waals surface area contributed by atoms with Gasteiger partial charge in [-0.05, 0) is 49.6 Å². The van der Waals surface area contributed by atoms with E-state index in [4.69, 9.17) is 11.6 Å². The van der Waals surface area contributed by atoms with Crippen molar-refractivity contribution in [3.63, 3.8) is 0 Å². The molecule has 1 atom stereocenters. The van der Waals surface area contributed by atoms with Crippen molar-refractivity contribution in [3.05, 3.63) is 64.2 Å². The van der Waals surface area contributed by atoms with Gasteiger partial charge in [0.05, 0.1) is 11.9 Å². The summed E-state index contributed by atoms with van der Waals surface area (Å²) < 4.78 is 26.3. The molecule has 0 heterocycles. The summed E-state index contributed by atoms with van der Waals surface area (Å²) in [6.07, 6.45) is 1.45. The lowest BCUT2D eigenvalue weighted by Crippen LogP contribution is -2.51. The molecule has 0 aromatic heterocycles. The number of hydrogen-bond acceptors (Lipinski definition) is 4. The van der Waals surface area contributed by atoms with Crippen molar-refractivity contribution < 1.29 is 18.0 Å². The van der Waals surface area contributed by atoms with Crippen LogP contribution in [0.4, 0.5) is 5.69 Å². The van der Waals surface area contributed by atoms with Crippen LogP contribution in [0.2, 0.25) is 5.02 Å². The van der Waals surface area contributed by atoms with Crippen LogP contribution in [0.1, 0.15) is 30.0 Å². The fourth-order valence-corrected chi connectivity index (χ4v) is 4.59. The van der Waals surface area contributed by atoms with Gasteiger partial charge in [-0.15, -0.1) is 0 Å². The van der Waals surface area contributed by atoms with Crippen molar-refractivity contribution in [2.45, 2.75) is 39.8 Å². The van der Waals surface area contributed by atoms with Crippen LogP contribution in [0.3, 0.4) is 0 Å². The highest BCUT2D eigenvalue weighted by Gasteiger charge is 2.31. The Balaban J connectivity index is 2.45. The first-order valence-corrected chi connectivity index (χ1v) is 12.5. The topological polar surface area (TPSA) is 86.8 Å². The molecule has 0 unspecified atom stereocenters. The van der Waals surface area contributed by atoms with Gasteiger partial charge in [0.1, 0.15) is 12.6 Å². The van der Waals surface area contributed by atoms with E-state index >= 15 is 0 Å². The normalized spacial score (nSPS) is 12.2. The summed E-state index contributed by atoms with van der Waals surface area (Å²) in [5, 5.41) is 3.15. The van der Waals surface area contributed by atoms with Gasteiger partial charge in [0.15, 0.2) is 0 Å². The molecule has 0 spiro atoms. The molecule has 0 bridgehead atoms. The van der Waals surface area contributed by atoms with Gasteiger partial charge in [0.2, 0.25) is 21.8 Å². The van der Waals surface area contributed by atoms with Crippen LogP contribution in [0.15, 0.2) is 42.5 Å². The molecular formula is C23H30ClN3O4S. The molecule has 7 nitrogen and oxygen atoms in total. The number of anilines is 1. The minimum Gasteiger partial charge on any atom is -0.357 e. The van der Waals surface area contributed by atoms with Gasteiger partial charge >= 0.3 is 0 Å². The number of aryl methyl sites for hydroxylation is 2. The Bertz CT molecular complexity index is 1070. The van der Waals surface area contributed by atoms with Crippen molar-refractivity contribution in [1.82, 2.24) is 10.2 Å². The first-order chi connectivity index (χ1) is 15.0. The van der Waals surface area contributed by atoms with E-state index < -0.39 is 28.5 Å². The molecule has 174 valence electrons. The first kappa shape index (κ1) is 25.7. The number of nitrogens with one attached hydrogen (secondary N) is 1. The number of hydrogen-bond donors (Lipinski definition) is 1. The fourth-order valence-electron chi connectivity index (χ4n) is 3.55. The molecule has 1 N–H and O–H groups in total. The number of likely N-dealkylation sites (N-methyl/N-ethyl adjacent to an activating group) is 1. The predicted molar refractivity (Wildman–Crippen MR) is 128 cm³/mol. The van der Waals surface area contributed by atoms with Crippen molar-refractivity contribution in [1.29, 1.82) is 0 Å². The third kappa shape index (κ3) is 6.46. The zero-order chi connectivity index (χ0) is 24.1. The lowest BCUT2D eigenvalue weighted by Gasteiger charge is -2.33. The second-order valence-corrected chi connectivity index (χ2v) is 10.1. The van der Waals surface area contributed by atoms with E-state index in [0.29, 0.717) is 17.1 Å². The predicted octanol–water partition coefficient (Wildman–Crippen LogP) is 3.28. The van der Waals surface area contributed by atoms with E-state index in [-0.39, 0.29) is 12.5 Å². The maximum atomic E-state index is 13.5. The van der Waals surface area contributed by atoms with Crippen LogP contribution >= 0.6 is 11.6 Å². The minimum atomic E-state index is -3.75. The molecular weight excluding hydrogens is 450 g/mol. The zero-order valence-electron chi connectivity index (χ0n) is 19.1. The number of sulfonamides is 1. The lowest BCUT2D eigenvalue weighted by molar-refractivity contribution is -0.140. The molecule has 9 heteroatoms. The summed E-state index contributed by atoms with van der Waals surface area (Å²) in [7, 11) is -2.24. The Hall–Kier alpha value is -2.58. The number of halogens is 1. The van der Waals surface area contributed by atoms with Gasteiger partial charge < -0.3 is 10.2 Å². The average Bonchev–Trinajstić information content (AvgIpc) is 2.72. The highest BCUT2D eigenvalue weighted by molar-refractivity contribution is 7.92. The largest absolute Gasteiger partial charge is 0.357 e. The van der Waals surface area contributed by atoms with Gasteiger partial charge in [-0.2, -0.15) is 0 Å². The van der Waals surface area contributed by atoms with Crippen LogP contribution in [-0.4, -0.2) is 51.0 Å². The van der Waals surface area contributed by atoms with Gasteiger partial charge in [-0.1, -0.05) is 48.4 Å². The third-order valence-corrected chi connectivity index (χ3v) is 6.58. The monoisotopic (exact) mass is 479 g/mol. The Morgan fingerprint density at radius 1 is 1.09 bits per heavy atom. The first-order valence-electron chi connectivity index (χ1n) is 10.3. The molecule has 2 rings (SSSR count). The van der Waals surface area contributed by atoms with Crippen molar-refractivity contribution in [2.75, 3.05) is 24.2 Å².